The maximum absolute atomic E-state index is 5.71. The molecule has 0 spiro atoms. The van der Waals surface area contributed by atoms with E-state index in [1.54, 1.807) is 11.3 Å². The van der Waals surface area contributed by atoms with Gasteiger partial charge in [-0.25, -0.2) is 0 Å². The van der Waals surface area contributed by atoms with Crippen molar-refractivity contribution in [2.24, 2.45) is 5.73 Å². The van der Waals surface area contributed by atoms with E-state index in [1.165, 1.54) is 12.0 Å². The molecule has 76 valence electrons. The number of hydrogen-bond donors (Lipinski definition) is 1. The summed E-state index contributed by atoms with van der Waals surface area (Å²) in [5, 5.41) is 4.30. The predicted octanol–water partition coefficient (Wildman–Crippen LogP) is 2.00. The highest BCUT2D eigenvalue weighted by Crippen LogP contribution is 2.21. The zero-order chi connectivity index (χ0) is 9.97. The van der Waals surface area contributed by atoms with Gasteiger partial charge in [0.25, 0.3) is 0 Å². The third kappa shape index (κ3) is 2.13. The van der Waals surface area contributed by atoms with Crippen LogP contribution < -0.4 is 5.73 Å². The predicted molar refractivity (Wildman–Crippen MR) is 64.5 cm³/mol. The fraction of sp³-hybridized carbons (Fsp3) is 0.500. The number of nitrogens with two attached hydrogens (primary N) is 1. The number of nitrogens with zero attached hydrogens (tertiary/aromatic N) is 1. The topological polar surface area (TPSA) is 29.3 Å². The highest BCUT2D eigenvalue weighted by molar-refractivity contribution is 7.80. The minimum absolute atomic E-state index is 0.324. The van der Waals surface area contributed by atoms with E-state index in [1.807, 2.05) is 0 Å². The molecule has 1 aromatic rings. The number of rotatable bonds is 3. The zero-order valence-electron chi connectivity index (χ0n) is 7.98. The van der Waals surface area contributed by atoms with Crippen molar-refractivity contribution in [1.82, 2.24) is 4.90 Å². The Kier molecular flexibility index (Phi) is 3.15. The molecular formula is C10H14N2S2. The average Bonchev–Trinajstić information content (AvgIpc) is 2.75. The van der Waals surface area contributed by atoms with Gasteiger partial charge in [0.2, 0.25) is 0 Å². The van der Waals surface area contributed by atoms with Gasteiger partial charge in [-0.15, -0.1) is 0 Å². The molecule has 1 atom stereocenters. The molecule has 0 aliphatic carbocycles. The van der Waals surface area contributed by atoms with Crippen LogP contribution in [-0.4, -0.2) is 22.5 Å². The van der Waals surface area contributed by atoms with Gasteiger partial charge in [-0.2, -0.15) is 11.3 Å². The van der Waals surface area contributed by atoms with Crippen LogP contribution in [0.3, 0.4) is 0 Å². The van der Waals surface area contributed by atoms with Crippen molar-refractivity contribution in [2.45, 2.75) is 25.4 Å². The minimum atomic E-state index is 0.324. The summed E-state index contributed by atoms with van der Waals surface area (Å²) in [5.74, 6) is 0. The highest BCUT2D eigenvalue weighted by Gasteiger charge is 2.26. The average molecular weight is 226 g/mol. The Bertz CT molecular complexity index is 308. The normalized spacial score (nSPS) is 22.7. The summed E-state index contributed by atoms with van der Waals surface area (Å²) in [6.07, 6.45) is 2.34. The molecule has 2 N–H and O–H groups in total. The molecule has 0 aromatic carbocycles. The summed E-state index contributed by atoms with van der Waals surface area (Å²) in [7, 11) is 0. The summed E-state index contributed by atoms with van der Waals surface area (Å²) in [4.78, 5) is 3.03. The molecule has 2 nitrogen and oxygen atoms in total. The van der Waals surface area contributed by atoms with Crippen molar-refractivity contribution >= 4 is 28.5 Å². The second-order valence-corrected chi connectivity index (χ2v) is 4.91. The van der Waals surface area contributed by atoms with Gasteiger partial charge in [0.15, 0.2) is 0 Å². The quantitative estimate of drug-likeness (QED) is 0.799. The lowest BCUT2D eigenvalue weighted by Crippen LogP contribution is -2.38. The van der Waals surface area contributed by atoms with E-state index >= 15 is 0 Å². The van der Waals surface area contributed by atoms with Crippen LogP contribution in [0.4, 0.5) is 0 Å². The lowest BCUT2D eigenvalue weighted by Gasteiger charge is -2.22. The van der Waals surface area contributed by atoms with Crippen LogP contribution >= 0.6 is 23.6 Å². The van der Waals surface area contributed by atoms with Crippen molar-refractivity contribution in [3.05, 3.63) is 22.4 Å². The third-order valence-corrected chi connectivity index (χ3v) is 3.66. The van der Waals surface area contributed by atoms with Crippen LogP contribution in [0.1, 0.15) is 18.4 Å². The van der Waals surface area contributed by atoms with Gasteiger partial charge in [-0.05, 0) is 41.8 Å². The van der Waals surface area contributed by atoms with Crippen molar-refractivity contribution in [1.29, 1.82) is 0 Å². The molecule has 14 heavy (non-hydrogen) atoms. The van der Waals surface area contributed by atoms with E-state index in [-0.39, 0.29) is 0 Å². The first kappa shape index (κ1) is 10.1. The molecule has 1 aromatic heterocycles. The Balaban J connectivity index is 2.00. The fourth-order valence-electron chi connectivity index (χ4n) is 1.95. The second kappa shape index (κ2) is 4.38. The van der Waals surface area contributed by atoms with E-state index in [9.17, 15) is 0 Å². The van der Waals surface area contributed by atoms with Crippen molar-refractivity contribution < 1.29 is 0 Å². The Morgan fingerprint density at radius 3 is 3.21 bits per heavy atom. The Morgan fingerprint density at radius 1 is 1.71 bits per heavy atom. The number of hydrogen-bond acceptors (Lipinski definition) is 3. The Morgan fingerprint density at radius 2 is 2.57 bits per heavy atom. The van der Waals surface area contributed by atoms with Crippen LogP contribution in [-0.2, 0) is 6.54 Å². The van der Waals surface area contributed by atoms with Crippen LogP contribution in [0.2, 0.25) is 0 Å². The first-order chi connectivity index (χ1) is 6.77. The van der Waals surface area contributed by atoms with Gasteiger partial charge in [0, 0.05) is 6.54 Å². The van der Waals surface area contributed by atoms with Crippen LogP contribution in [0, 0.1) is 0 Å². The number of likely N-dealkylation sites (tertiary alicyclic amines) is 1. The van der Waals surface area contributed by atoms with E-state index in [4.69, 9.17) is 18.0 Å². The highest BCUT2D eigenvalue weighted by atomic mass is 32.1. The summed E-state index contributed by atoms with van der Waals surface area (Å²) in [6, 6.07) is 2.49. The summed E-state index contributed by atoms with van der Waals surface area (Å²) in [5.41, 5.74) is 7.08. The van der Waals surface area contributed by atoms with E-state index < -0.39 is 0 Å². The molecule has 0 amide bonds. The van der Waals surface area contributed by atoms with Crippen molar-refractivity contribution in [3.63, 3.8) is 0 Å². The standard InChI is InChI=1S/C10H14N2S2/c11-10(13)9-2-1-4-12(9)6-8-3-5-14-7-8/h3,5,7,9H,1-2,4,6H2,(H2,11,13). The molecule has 1 aliphatic heterocycles. The summed E-state index contributed by atoms with van der Waals surface area (Å²) in [6.45, 7) is 2.11. The first-order valence-corrected chi connectivity index (χ1v) is 6.17. The largest absolute Gasteiger partial charge is 0.392 e. The van der Waals surface area contributed by atoms with Gasteiger partial charge in [-0.1, -0.05) is 12.2 Å². The third-order valence-electron chi connectivity index (χ3n) is 2.66. The lowest BCUT2D eigenvalue weighted by molar-refractivity contribution is 0.295. The molecular weight excluding hydrogens is 212 g/mol. The lowest BCUT2D eigenvalue weighted by atomic mass is 10.2. The van der Waals surface area contributed by atoms with Gasteiger partial charge in [0.1, 0.15) is 0 Å². The number of thiophene rings is 1. The summed E-state index contributed by atoms with van der Waals surface area (Å²) >= 11 is 6.81. The van der Waals surface area contributed by atoms with Gasteiger partial charge >= 0.3 is 0 Å². The SMILES string of the molecule is NC(=S)C1CCCN1Cc1ccsc1. The van der Waals surface area contributed by atoms with Gasteiger partial charge in [0.05, 0.1) is 11.0 Å². The van der Waals surface area contributed by atoms with Crippen LogP contribution in [0.15, 0.2) is 16.8 Å². The smallest absolute Gasteiger partial charge is 0.0902 e. The fourth-order valence-corrected chi connectivity index (χ4v) is 2.88. The number of thiocarbonyl (C=S) groups is 1. The first-order valence-electron chi connectivity index (χ1n) is 4.82. The van der Waals surface area contributed by atoms with E-state index in [2.05, 4.69) is 21.7 Å². The van der Waals surface area contributed by atoms with E-state index in [0.717, 1.165) is 19.5 Å². The molecule has 1 saturated heterocycles. The molecule has 1 unspecified atom stereocenters. The molecule has 1 fully saturated rings. The van der Waals surface area contributed by atoms with E-state index in [0.29, 0.717) is 11.0 Å². The van der Waals surface area contributed by atoms with Crippen LogP contribution in [0.5, 0.6) is 0 Å². The molecule has 2 rings (SSSR count). The molecule has 0 radical (unpaired) electrons. The maximum atomic E-state index is 5.71. The molecule has 0 saturated carbocycles. The Hall–Kier alpha value is -0.450. The molecule has 1 aliphatic rings. The molecule has 2 heterocycles. The molecule has 0 bridgehead atoms. The van der Waals surface area contributed by atoms with Crippen molar-refractivity contribution in [3.8, 4) is 0 Å². The Labute approximate surface area is 93.7 Å². The molecule has 4 heteroatoms. The maximum Gasteiger partial charge on any atom is 0.0902 e. The van der Waals surface area contributed by atoms with Gasteiger partial charge < -0.3 is 5.73 Å². The van der Waals surface area contributed by atoms with Crippen molar-refractivity contribution in [2.75, 3.05) is 6.54 Å². The van der Waals surface area contributed by atoms with Gasteiger partial charge in [-0.3, -0.25) is 4.90 Å². The summed E-state index contributed by atoms with van der Waals surface area (Å²) < 4.78 is 0. The minimum Gasteiger partial charge on any atom is -0.392 e. The van der Waals surface area contributed by atoms with Crippen LogP contribution in [0.25, 0.3) is 0 Å². The second-order valence-electron chi connectivity index (χ2n) is 3.66. The monoisotopic (exact) mass is 226 g/mol. The zero-order valence-corrected chi connectivity index (χ0v) is 9.61.